The molecule has 3 aromatic rings. The standard InChI is InChI=1S/C16H14N2O3S2/c1-3-21-15(20)10-6-7-11-13(9-10)23-16(18(11)2)17-14(19)12-5-4-8-22-12/h4-9H,3H2,1-2H3. The van der Waals surface area contributed by atoms with Crippen LogP contribution in [0.2, 0.25) is 0 Å². The predicted octanol–water partition coefficient (Wildman–Crippen LogP) is 3.22. The van der Waals surface area contributed by atoms with Gasteiger partial charge in [0.1, 0.15) is 0 Å². The van der Waals surface area contributed by atoms with Gasteiger partial charge >= 0.3 is 5.97 Å². The van der Waals surface area contributed by atoms with E-state index in [4.69, 9.17) is 4.74 Å². The molecule has 7 heteroatoms. The number of aromatic nitrogens is 1. The van der Waals surface area contributed by atoms with Crippen molar-refractivity contribution in [1.29, 1.82) is 0 Å². The highest BCUT2D eigenvalue weighted by molar-refractivity contribution is 7.16. The Balaban J connectivity index is 2.04. The topological polar surface area (TPSA) is 60.7 Å². The van der Waals surface area contributed by atoms with Crippen LogP contribution < -0.4 is 4.80 Å². The number of hydrogen-bond donors (Lipinski definition) is 0. The van der Waals surface area contributed by atoms with Gasteiger partial charge in [-0.15, -0.1) is 11.3 Å². The van der Waals surface area contributed by atoms with E-state index in [0.29, 0.717) is 21.8 Å². The molecule has 118 valence electrons. The van der Waals surface area contributed by atoms with Crippen LogP contribution in [0.3, 0.4) is 0 Å². The van der Waals surface area contributed by atoms with Crippen molar-refractivity contribution in [2.45, 2.75) is 6.92 Å². The summed E-state index contributed by atoms with van der Waals surface area (Å²) in [5.41, 5.74) is 1.41. The van der Waals surface area contributed by atoms with Crippen LogP contribution in [0.25, 0.3) is 10.2 Å². The molecule has 2 aromatic heterocycles. The van der Waals surface area contributed by atoms with Gasteiger partial charge in [-0.3, -0.25) is 4.79 Å². The average Bonchev–Trinajstić information content (AvgIpc) is 3.17. The number of fused-ring (bicyclic) bond motifs is 1. The fourth-order valence-corrected chi connectivity index (χ4v) is 3.79. The van der Waals surface area contributed by atoms with Gasteiger partial charge in [-0.1, -0.05) is 17.4 Å². The van der Waals surface area contributed by atoms with Crippen molar-refractivity contribution in [1.82, 2.24) is 4.57 Å². The zero-order valence-corrected chi connectivity index (χ0v) is 14.2. The van der Waals surface area contributed by atoms with Crippen molar-refractivity contribution in [3.63, 3.8) is 0 Å². The molecule has 0 N–H and O–H groups in total. The van der Waals surface area contributed by atoms with E-state index < -0.39 is 0 Å². The molecule has 0 aliphatic heterocycles. The second kappa shape index (κ2) is 6.47. The Labute approximate surface area is 140 Å². The number of benzene rings is 1. The molecule has 1 aromatic carbocycles. The number of amides is 1. The highest BCUT2D eigenvalue weighted by Gasteiger charge is 2.11. The molecule has 0 bridgehead atoms. The first-order valence-electron chi connectivity index (χ1n) is 6.99. The third-order valence-corrected chi connectivity index (χ3v) is 5.20. The number of hydrogen-bond acceptors (Lipinski definition) is 5. The minimum absolute atomic E-state index is 0.257. The lowest BCUT2D eigenvalue weighted by Crippen LogP contribution is -2.12. The smallest absolute Gasteiger partial charge is 0.338 e. The van der Waals surface area contributed by atoms with Gasteiger partial charge < -0.3 is 9.30 Å². The van der Waals surface area contributed by atoms with Gasteiger partial charge in [0.25, 0.3) is 5.91 Å². The summed E-state index contributed by atoms with van der Waals surface area (Å²) in [7, 11) is 1.85. The normalized spacial score (nSPS) is 11.8. The van der Waals surface area contributed by atoms with E-state index in [1.807, 2.05) is 29.1 Å². The number of thiophene rings is 1. The van der Waals surface area contributed by atoms with E-state index in [9.17, 15) is 9.59 Å². The molecule has 0 saturated heterocycles. The van der Waals surface area contributed by atoms with Crippen LogP contribution in [0.4, 0.5) is 0 Å². The summed E-state index contributed by atoms with van der Waals surface area (Å²) in [6.45, 7) is 2.11. The van der Waals surface area contributed by atoms with E-state index in [2.05, 4.69) is 4.99 Å². The molecule has 0 fully saturated rings. The van der Waals surface area contributed by atoms with Crippen LogP contribution in [-0.2, 0) is 11.8 Å². The molecule has 3 rings (SSSR count). The summed E-state index contributed by atoms with van der Waals surface area (Å²) in [4.78, 5) is 29.3. The molecule has 0 aliphatic carbocycles. The van der Waals surface area contributed by atoms with E-state index in [0.717, 1.165) is 10.2 Å². The van der Waals surface area contributed by atoms with Crippen LogP contribution >= 0.6 is 22.7 Å². The number of esters is 1. The first kappa shape index (κ1) is 15.6. The zero-order valence-electron chi connectivity index (χ0n) is 12.6. The van der Waals surface area contributed by atoms with Crippen LogP contribution in [0.1, 0.15) is 27.0 Å². The monoisotopic (exact) mass is 346 g/mol. The predicted molar refractivity (Wildman–Crippen MR) is 91.0 cm³/mol. The Bertz CT molecular complexity index is 936. The molecular weight excluding hydrogens is 332 g/mol. The Hall–Kier alpha value is -2.25. The number of aryl methyl sites for hydroxylation is 1. The number of ether oxygens (including phenoxy) is 1. The quantitative estimate of drug-likeness (QED) is 0.684. The summed E-state index contributed by atoms with van der Waals surface area (Å²) in [6, 6.07) is 8.91. The summed E-state index contributed by atoms with van der Waals surface area (Å²) < 4.78 is 7.74. The number of carbonyl (C=O) groups is 2. The Morgan fingerprint density at radius 2 is 2.13 bits per heavy atom. The number of rotatable bonds is 3. The van der Waals surface area contributed by atoms with Crippen molar-refractivity contribution in [2.24, 2.45) is 12.0 Å². The second-order valence-corrected chi connectivity index (χ2v) is 6.70. The van der Waals surface area contributed by atoms with Gasteiger partial charge in [0, 0.05) is 7.05 Å². The summed E-state index contributed by atoms with van der Waals surface area (Å²) in [6.07, 6.45) is 0. The maximum Gasteiger partial charge on any atom is 0.338 e. The summed E-state index contributed by atoms with van der Waals surface area (Å²) in [5, 5.41) is 1.85. The molecule has 1 amide bonds. The fourth-order valence-electron chi connectivity index (χ4n) is 2.12. The van der Waals surface area contributed by atoms with Crippen LogP contribution in [0.15, 0.2) is 40.7 Å². The molecular formula is C16H14N2O3S2. The summed E-state index contributed by atoms with van der Waals surface area (Å²) >= 11 is 2.74. The number of carbonyl (C=O) groups excluding carboxylic acids is 2. The van der Waals surface area contributed by atoms with Crippen LogP contribution in [0.5, 0.6) is 0 Å². The lowest BCUT2D eigenvalue weighted by atomic mass is 10.2. The van der Waals surface area contributed by atoms with Gasteiger partial charge in [0.05, 0.1) is 27.3 Å². The van der Waals surface area contributed by atoms with Crippen molar-refractivity contribution in [2.75, 3.05) is 6.61 Å². The molecule has 23 heavy (non-hydrogen) atoms. The Morgan fingerprint density at radius 1 is 1.30 bits per heavy atom. The van der Waals surface area contributed by atoms with Crippen molar-refractivity contribution < 1.29 is 14.3 Å². The fraction of sp³-hybridized carbons (Fsp3) is 0.188. The molecule has 2 heterocycles. The molecule has 0 spiro atoms. The zero-order chi connectivity index (χ0) is 16.4. The van der Waals surface area contributed by atoms with Crippen molar-refractivity contribution in [3.05, 3.63) is 51.0 Å². The highest BCUT2D eigenvalue weighted by Crippen LogP contribution is 2.19. The lowest BCUT2D eigenvalue weighted by molar-refractivity contribution is 0.0526. The molecule has 0 radical (unpaired) electrons. The third kappa shape index (κ3) is 3.11. The van der Waals surface area contributed by atoms with Gasteiger partial charge in [-0.05, 0) is 36.6 Å². The molecule has 5 nitrogen and oxygen atoms in total. The Kier molecular flexibility index (Phi) is 4.40. The Morgan fingerprint density at radius 3 is 2.83 bits per heavy atom. The van der Waals surface area contributed by atoms with E-state index in [-0.39, 0.29) is 11.9 Å². The number of thiazole rings is 1. The number of nitrogens with zero attached hydrogens (tertiary/aromatic N) is 2. The largest absolute Gasteiger partial charge is 0.462 e. The maximum absolute atomic E-state index is 12.1. The first-order chi connectivity index (χ1) is 11.1. The van der Waals surface area contributed by atoms with Gasteiger partial charge in [0.2, 0.25) is 0 Å². The molecule has 0 unspecified atom stereocenters. The van der Waals surface area contributed by atoms with E-state index >= 15 is 0 Å². The summed E-state index contributed by atoms with van der Waals surface area (Å²) in [5.74, 6) is -0.605. The van der Waals surface area contributed by atoms with Crippen molar-refractivity contribution in [3.8, 4) is 0 Å². The average molecular weight is 346 g/mol. The van der Waals surface area contributed by atoms with Gasteiger partial charge in [-0.2, -0.15) is 4.99 Å². The van der Waals surface area contributed by atoms with Crippen molar-refractivity contribution >= 4 is 44.8 Å². The van der Waals surface area contributed by atoms with Crippen LogP contribution in [0, 0.1) is 0 Å². The molecule has 0 aliphatic rings. The van der Waals surface area contributed by atoms with Crippen LogP contribution in [-0.4, -0.2) is 23.1 Å². The molecule has 0 atom stereocenters. The maximum atomic E-state index is 12.1. The van der Waals surface area contributed by atoms with Gasteiger partial charge in [-0.25, -0.2) is 4.79 Å². The van der Waals surface area contributed by atoms with Gasteiger partial charge in [0.15, 0.2) is 4.80 Å². The first-order valence-corrected chi connectivity index (χ1v) is 8.69. The third-order valence-electron chi connectivity index (χ3n) is 3.25. The molecule has 0 saturated carbocycles. The van der Waals surface area contributed by atoms with E-state index in [1.165, 1.54) is 22.7 Å². The SMILES string of the molecule is CCOC(=O)c1ccc2c(c1)sc(=NC(=O)c1cccs1)n2C. The minimum atomic E-state index is -0.349. The second-order valence-electron chi connectivity index (χ2n) is 4.74. The highest BCUT2D eigenvalue weighted by atomic mass is 32.1. The minimum Gasteiger partial charge on any atom is -0.462 e. The lowest BCUT2D eigenvalue weighted by Gasteiger charge is -2.01. The van der Waals surface area contributed by atoms with E-state index in [1.54, 1.807) is 25.1 Å².